The molecule has 20 heavy (non-hydrogen) atoms. The third-order valence-electron chi connectivity index (χ3n) is 3.30. The number of halogens is 1. The first kappa shape index (κ1) is 12.9. The second-order valence-corrected chi connectivity index (χ2v) is 5.13. The molecule has 0 bridgehead atoms. The van der Waals surface area contributed by atoms with Crippen molar-refractivity contribution < 1.29 is 0 Å². The Hall–Kier alpha value is -2.14. The van der Waals surface area contributed by atoms with Gasteiger partial charge in [0.1, 0.15) is 11.3 Å². The molecule has 5 nitrogen and oxygen atoms in total. The first-order valence-electron chi connectivity index (χ1n) is 6.26. The number of fused-ring (bicyclic) bond motifs is 1. The summed E-state index contributed by atoms with van der Waals surface area (Å²) in [7, 11) is 0. The molecular weight excluding hydrogens is 274 g/mol. The van der Waals surface area contributed by atoms with Gasteiger partial charge in [0.2, 0.25) is 0 Å². The van der Waals surface area contributed by atoms with Crippen LogP contribution in [0.4, 0.5) is 11.5 Å². The SMILES string of the molecule is Cc1ccc(Nc2c(Cl)c(C)nc3ncnn23)cc1C. The lowest BCUT2D eigenvalue weighted by Crippen LogP contribution is -2.04. The average molecular weight is 288 g/mol. The van der Waals surface area contributed by atoms with Crippen molar-refractivity contribution in [3.63, 3.8) is 0 Å². The van der Waals surface area contributed by atoms with Gasteiger partial charge in [0.05, 0.1) is 5.69 Å². The van der Waals surface area contributed by atoms with E-state index < -0.39 is 0 Å². The fourth-order valence-corrected chi connectivity index (χ4v) is 2.17. The molecule has 0 unspecified atom stereocenters. The van der Waals surface area contributed by atoms with Crippen molar-refractivity contribution >= 4 is 28.9 Å². The van der Waals surface area contributed by atoms with Gasteiger partial charge in [-0.25, -0.2) is 4.98 Å². The van der Waals surface area contributed by atoms with Crippen molar-refractivity contribution in [2.45, 2.75) is 20.8 Å². The van der Waals surface area contributed by atoms with E-state index >= 15 is 0 Å². The lowest BCUT2D eigenvalue weighted by molar-refractivity contribution is 0.937. The van der Waals surface area contributed by atoms with Gasteiger partial charge >= 0.3 is 0 Å². The Morgan fingerprint density at radius 2 is 1.95 bits per heavy atom. The molecule has 0 saturated heterocycles. The number of aryl methyl sites for hydroxylation is 3. The van der Waals surface area contributed by atoms with Gasteiger partial charge in [0, 0.05) is 5.69 Å². The molecule has 0 radical (unpaired) electrons. The van der Waals surface area contributed by atoms with Gasteiger partial charge in [0.15, 0.2) is 5.82 Å². The summed E-state index contributed by atoms with van der Waals surface area (Å²) in [4.78, 5) is 8.38. The van der Waals surface area contributed by atoms with Crippen molar-refractivity contribution in [1.29, 1.82) is 0 Å². The standard InChI is InChI=1S/C14H14ClN5/c1-8-4-5-11(6-9(8)2)19-13-12(15)10(3)18-14-16-7-17-20(13)14/h4-7,19H,1-3H3. The first-order chi connectivity index (χ1) is 9.56. The molecule has 0 saturated carbocycles. The van der Waals surface area contributed by atoms with E-state index in [9.17, 15) is 0 Å². The molecule has 0 aliphatic carbocycles. The largest absolute Gasteiger partial charge is 0.339 e. The maximum Gasteiger partial charge on any atom is 0.254 e. The molecule has 2 heterocycles. The fourth-order valence-electron chi connectivity index (χ4n) is 2.00. The Balaban J connectivity index is 2.11. The average Bonchev–Trinajstić information content (AvgIpc) is 2.87. The van der Waals surface area contributed by atoms with Gasteiger partial charge in [-0.1, -0.05) is 17.7 Å². The second kappa shape index (κ2) is 4.76. The van der Waals surface area contributed by atoms with E-state index in [0.717, 1.165) is 11.4 Å². The smallest absolute Gasteiger partial charge is 0.254 e. The summed E-state index contributed by atoms with van der Waals surface area (Å²) in [5.41, 5.74) is 4.14. The summed E-state index contributed by atoms with van der Waals surface area (Å²) in [6, 6.07) is 6.15. The molecule has 0 fully saturated rings. The lowest BCUT2D eigenvalue weighted by atomic mass is 10.1. The number of nitrogens with one attached hydrogen (secondary N) is 1. The molecule has 0 aliphatic rings. The molecule has 3 aromatic rings. The molecule has 1 N–H and O–H groups in total. The highest BCUT2D eigenvalue weighted by Gasteiger charge is 2.13. The van der Waals surface area contributed by atoms with E-state index in [4.69, 9.17) is 11.6 Å². The highest BCUT2D eigenvalue weighted by molar-refractivity contribution is 6.33. The summed E-state index contributed by atoms with van der Waals surface area (Å²) < 4.78 is 1.60. The van der Waals surface area contributed by atoms with Gasteiger partial charge in [-0.3, -0.25) is 0 Å². The molecule has 0 amide bonds. The molecule has 0 spiro atoms. The van der Waals surface area contributed by atoms with Crippen LogP contribution in [0, 0.1) is 20.8 Å². The van der Waals surface area contributed by atoms with Crippen molar-refractivity contribution in [2.75, 3.05) is 5.32 Å². The van der Waals surface area contributed by atoms with Crippen LogP contribution in [-0.2, 0) is 0 Å². The molecule has 6 heteroatoms. The zero-order chi connectivity index (χ0) is 14.3. The number of rotatable bonds is 2. The molecule has 102 valence electrons. The van der Waals surface area contributed by atoms with Crippen molar-refractivity contribution in [3.8, 4) is 0 Å². The molecular formula is C14H14ClN5. The molecule has 2 aromatic heterocycles. The first-order valence-corrected chi connectivity index (χ1v) is 6.64. The van der Waals surface area contributed by atoms with Crippen LogP contribution in [0.25, 0.3) is 5.78 Å². The number of hydrogen-bond donors (Lipinski definition) is 1. The normalized spacial score (nSPS) is 11.0. The minimum atomic E-state index is 0.526. The fraction of sp³-hybridized carbons (Fsp3) is 0.214. The Morgan fingerprint density at radius 3 is 2.70 bits per heavy atom. The summed E-state index contributed by atoms with van der Waals surface area (Å²) in [5.74, 6) is 1.20. The van der Waals surface area contributed by atoms with Crippen LogP contribution in [0.5, 0.6) is 0 Å². The van der Waals surface area contributed by atoms with E-state index in [-0.39, 0.29) is 0 Å². The number of anilines is 2. The quantitative estimate of drug-likeness (QED) is 0.784. The van der Waals surface area contributed by atoms with Gasteiger partial charge in [0.25, 0.3) is 5.78 Å². The Kier molecular flexibility index (Phi) is 3.06. The predicted molar refractivity (Wildman–Crippen MR) is 79.7 cm³/mol. The van der Waals surface area contributed by atoms with Gasteiger partial charge in [-0.2, -0.15) is 14.6 Å². The summed E-state index contributed by atoms with van der Waals surface area (Å²) in [5, 5.41) is 7.99. The van der Waals surface area contributed by atoms with Crippen molar-refractivity contribution in [1.82, 2.24) is 19.6 Å². The van der Waals surface area contributed by atoms with E-state index in [2.05, 4.69) is 46.4 Å². The third kappa shape index (κ3) is 2.10. The maximum absolute atomic E-state index is 6.34. The highest BCUT2D eigenvalue weighted by Crippen LogP contribution is 2.28. The molecule has 3 rings (SSSR count). The highest BCUT2D eigenvalue weighted by atomic mass is 35.5. The van der Waals surface area contributed by atoms with Crippen LogP contribution in [0.3, 0.4) is 0 Å². The van der Waals surface area contributed by atoms with Gasteiger partial charge in [-0.15, -0.1) is 0 Å². The molecule has 1 aromatic carbocycles. The van der Waals surface area contributed by atoms with Gasteiger partial charge in [-0.05, 0) is 44.0 Å². The zero-order valence-electron chi connectivity index (χ0n) is 11.5. The van der Waals surface area contributed by atoms with Crippen LogP contribution >= 0.6 is 11.6 Å². The Bertz CT molecular complexity index is 794. The van der Waals surface area contributed by atoms with E-state index in [1.807, 2.05) is 13.0 Å². The summed E-state index contributed by atoms with van der Waals surface area (Å²) in [6.07, 6.45) is 1.46. The second-order valence-electron chi connectivity index (χ2n) is 4.76. The minimum absolute atomic E-state index is 0.526. The minimum Gasteiger partial charge on any atom is -0.339 e. The molecule has 0 aliphatic heterocycles. The van der Waals surface area contributed by atoms with Crippen LogP contribution in [-0.4, -0.2) is 19.6 Å². The summed E-state index contributed by atoms with van der Waals surface area (Å²) >= 11 is 6.34. The number of aromatic nitrogens is 4. The Morgan fingerprint density at radius 1 is 1.15 bits per heavy atom. The van der Waals surface area contributed by atoms with Crippen molar-refractivity contribution in [2.24, 2.45) is 0 Å². The van der Waals surface area contributed by atoms with E-state index in [0.29, 0.717) is 16.6 Å². The van der Waals surface area contributed by atoms with Crippen LogP contribution in [0.2, 0.25) is 5.02 Å². The van der Waals surface area contributed by atoms with Crippen LogP contribution in [0.15, 0.2) is 24.5 Å². The predicted octanol–water partition coefficient (Wildman–Crippen LogP) is 3.45. The monoisotopic (exact) mass is 287 g/mol. The van der Waals surface area contributed by atoms with E-state index in [1.54, 1.807) is 4.52 Å². The molecule has 0 atom stereocenters. The number of benzene rings is 1. The zero-order valence-corrected chi connectivity index (χ0v) is 12.2. The van der Waals surface area contributed by atoms with E-state index in [1.165, 1.54) is 17.5 Å². The summed E-state index contributed by atoms with van der Waals surface area (Å²) in [6.45, 7) is 6.01. The Labute approximate surface area is 121 Å². The maximum atomic E-state index is 6.34. The lowest BCUT2D eigenvalue weighted by Gasteiger charge is -2.12. The number of nitrogens with zero attached hydrogens (tertiary/aromatic N) is 4. The van der Waals surface area contributed by atoms with Crippen LogP contribution < -0.4 is 5.32 Å². The topological polar surface area (TPSA) is 55.1 Å². The van der Waals surface area contributed by atoms with Gasteiger partial charge < -0.3 is 5.32 Å². The van der Waals surface area contributed by atoms with Crippen LogP contribution in [0.1, 0.15) is 16.8 Å². The number of hydrogen-bond acceptors (Lipinski definition) is 4. The van der Waals surface area contributed by atoms with Crippen molar-refractivity contribution in [3.05, 3.63) is 46.4 Å². The third-order valence-corrected chi connectivity index (χ3v) is 3.76.